The van der Waals surface area contributed by atoms with Crippen LogP contribution in [0.25, 0.3) is 0 Å². The Morgan fingerprint density at radius 1 is 1.20 bits per heavy atom. The van der Waals surface area contributed by atoms with Gasteiger partial charge in [0, 0.05) is 16.6 Å². The molecule has 0 atom stereocenters. The molecule has 2 aromatic carbocycles. The third-order valence-electron chi connectivity index (χ3n) is 2.64. The Balaban J connectivity index is 1.82. The van der Waals surface area contributed by atoms with Crippen LogP contribution in [0.15, 0.2) is 53.0 Å². The van der Waals surface area contributed by atoms with Gasteiger partial charge in [0.25, 0.3) is 0 Å². The molecule has 0 aliphatic heterocycles. The van der Waals surface area contributed by atoms with Crippen LogP contribution >= 0.6 is 15.9 Å². The fourth-order valence-corrected chi connectivity index (χ4v) is 2.03. The quantitative estimate of drug-likeness (QED) is 0.915. The Bertz CT molecular complexity index is 590. The molecule has 0 aliphatic rings. The van der Waals surface area contributed by atoms with Crippen LogP contribution in [0, 0.1) is 5.82 Å². The molecule has 0 aromatic heterocycles. The number of ether oxygens (including phenoxy) is 1. The predicted molar refractivity (Wildman–Crippen MR) is 77.6 cm³/mol. The summed E-state index contributed by atoms with van der Waals surface area (Å²) in [6.45, 7) is 0.270. The molecule has 0 unspecified atom stereocenters. The average molecular weight is 338 g/mol. The summed E-state index contributed by atoms with van der Waals surface area (Å²) < 4.78 is 19.3. The van der Waals surface area contributed by atoms with E-state index in [0.717, 1.165) is 10.0 Å². The Hall–Kier alpha value is -1.88. The summed E-state index contributed by atoms with van der Waals surface area (Å²) in [6.07, 6.45) is -0.576. The molecule has 3 nitrogen and oxygen atoms in total. The first-order valence-corrected chi connectivity index (χ1v) is 6.83. The zero-order valence-electron chi connectivity index (χ0n) is 10.6. The number of halogens is 2. The SMILES string of the molecule is O=C(NCc1cc(Br)ccc1F)OCc1ccccc1. The first kappa shape index (κ1) is 14.5. The summed E-state index contributed by atoms with van der Waals surface area (Å²) in [5.74, 6) is -0.364. The molecule has 104 valence electrons. The second-order valence-corrected chi connectivity index (χ2v) is 5.07. The van der Waals surface area contributed by atoms with E-state index in [9.17, 15) is 9.18 Å². The van der Waals surface area contributed by atoms with Gasteiger partial charge in [-0.25, -0.2) is 9.18 Å². The van der Waals surface area contributed by atoms with Crippen molar-refractivity contribution in [2.45, 2.75) is 13.2 Å². The van der Waals surface area contributed by atoms with Crippen LogP contribution in [0.3, 0.4) is 0 Å². The predicted octanol–water partition coefficient (Wildman–Crippen LogP) is 4.01. The zero-order valence-corrected chi connectivity index (χ0v) is 12.2. The average Bonchev–Trinajstić information content (AvgIpc) is 2.47. The minimum absolute atomic E-state index is 0.0822. The van der Waals surface area contributed by atoms with Crippen LogP contribution in [-0.2, 0) is 17.9 Å². The van der Waals surface area contributed by atoms with Crippen LogP contribution in [0.2, 0.25) is 0 Å². The highest BCUT2D eigenvalue weighted by Gasteiger charge is 2.06. The minimum Gasteiger partial charge on any atom is -0.445 e. The van der Waals surface area contributed by atoms with Gasteiger partial charge in [0.05, 0.1) is 0 Å². The van der Waals surface area contributed by atoms with Gasteiger partial charge in [-0.15, -0.1) is 0 Å². The second kappa shape index (κ2) is 7.05. The van der Waals surface area contributed by atoms with Gasteiger partial charge in [-0.2, -0.15) is 0 Å². The van der Waals surface area contributed by atoms with Crippen molar-refractivity contribution in [1.29, 1.82) is 0 Å². The van der Waals surface area contributed by atoms with E-state index >= 15 is 0 Å². The maximum Gasteiger partial charge on any atom is 0.407 e. The number of rotatable bonds is 4. The van der Waals surface area contributed by atoms with Gasteiger partial charge in [0.1, 0.15) is 12.4 Å². The number of hydrogen-bond acceptors (Lipinski definition) is 2. The summed E-state index contributed by atoms with van der Waals surface area (Å²) in [7, 11) is 0. The second-order valence-electron chi connectivity index (χ2n) is 4.15. The van der Waals surface area contributed by atoms with E-state index in [1.54, 1.807) is 12.1 Å². The standard InChI is InChI=1S/C15H13BrFNO2/c16-13-6-7-14(17)12(8-13)9-18-15(19)20-10-11-4-2-1-3-5-11/h1-8H,9-10H2,(H,18,19). The number of amides is 1. The van der Waals surface area contributed by atoms with E-state index < -0.39 is 6.09 Å². The molecule has 1 N–H and O–H groups in total. The minimum atomic E-state index is -0.576. The van der Waals surface area contributed by atoms with Crippen molar-refractivity contribution in [2.24, 2.45) is 0 Å². The van der Waals surface area contributed by atoms with E-state index in [1.807, 2.05) is 30.3 Å². The zero-order chi connectivity index (χ0) is 14.4. The lowest BCUT2D eigenvalue weighted by Gasteiger charge is -2.08. The number of benzene rings is 2. The van der Waals surface area contributed by atoms with E-state index in [4.69, 9.17) is 4.74 Å². The van der Waals surface area contributed by atoms with E-state index in [2.05, 4.69) is 21.2 Å². The molecule has 0 fully saturated rings. The third kappa shape index (κ3) is 4.35. The molecular weight excluding hydrogens is 325 g/mol. The van der Waals surface area contributed by atoms with Crippen LogP contribution in [0.4, 0.5) is 9.18 Å². The first-order chi connectivity index (χ1) is 9.65. The fourth-order valence-electron chi connectivity index (χ4n) is 1.62. The van der Waals surface area contributed by atoms with Gasteiger partial charge in [-0.05, 0) is 23.8 Å². The smallest absolute Gasteiger partial charge is 0.407 e. The highest BCUT2D eigenvalue weighted by Crippen LogP contribution is 2.15. The fraction of sp³-hybridized carbons (Fsp3) is 0.133. The largest absolute Gasteiger partial charge is 0.445 e. The number of carbonyl (C=O) groups excluding carboxylic acids is 1. The van der Waals surface area contributed by atoms with Gasteiger partial charge in [-0.3, -0.25) is 0 Å². The normalized spacial score (nSPS) is 10.1. The van der Waals surface area contributed by atoms with E-state index in [1.165, 1.54) is 6.07 Å². The maximum absolute atomic E-state index is 13.5. The Kier molecular flexibility index (Phi) is 5.12. The van der Waals surface area contributed by atoms with Crippen molar-refractivity contribution >= 4 is 22.0 Å². The number of hydrogen-bond donors (Lipinski definition) is 1. The van der Waals surface area contributed by atoms with Gasteiger partial charge >= 0.3 is 6.09 Å². The molecule has 5 heteroatoms. The molecule has 0 bridgehead atoms. The molecule has 0 radical (unpaired) electrons. The van der Waals surface area contributed by atoms with Crippen LogP contribution in [0.5, 0.6) is 0 Å². The highest BCUT2D eigenvalue weighted by molar-refractivity contribution is 9.10. The molecule has 0 saturated heterocycles. The summed E-state index contributed by atoms with van der Waals surface area (Å²) in [6, 6.07) is 13.9. The lowest BCUT2D eigenvalue weighted by molar-refractivity contribution is 0.139. The molecule has 2 aromatic rings. The lowest BCUT2D eigenvalue weighted by Crippen LogP contribution is -2.24. The maximum atomic E-state index is 13.5. The third-order valence-corrected chi connectivity index (χ3v) is 3.14. The van der Waals surface area contributed by atoms with Crippen molar-refractivity contribution in [1.82, 2.24) is 5.32 Å². The van der Waals surface area contributed by atoms with Crippen LogP contribution in [-0.4, -0.2) is 6.09 Å². The van der Waals surface area contributed by atoms with Gasteiger partial charge in [0.2, 0.25) is 0 Å². The molecule has 0 aliphatic carbocycles. The van der Waals surface area contributed by atoms with Gasteiger partial charge in [0.15, 0.2) is 0 Å². The molecule has 0 saturated carbocycles. The van der Waals surface area contributed by atoms with E-state index in [-0.39, 0.29) is 19.0 Å². The summed E-state index contributed by atoms with van der Waals surface area (Å²) in [5.41, 5.74) is 1.30. The highest BCUT2D eigenvalue weighted by atomic mass is 79.9. The summed E-state index contributed by atoms with van der Waals surface area (Å²) in [4.78, 5) is 11.5. The Morgan fingerprint density at radius 2 is 1.95 bits per heavy atom. The van der Waals surface area contributed by atoms with Crippen molar-refractivity contribution in [2.75, 3.05) is 0 Å². The van der Waals surface area contributed by atoms with Crippen LogP contribution in [0.1, 0.15) is 11.1 Å². The Morgan fingerprint density at radius 3 is 2.70 bits per heavy atom. The van der Waals surface area contributed by atoms with Crippen molar-refractivity contribution < 1.29 is 13.9 Å². The summed E-state index contributed by atoms with van der Waals surface area (Å²) >= 11 is 3.25. The van der Waals surface area contributed by atoms with Crippen molar-refractivity contribution in [3.8, 4) is 0 Å². The molecule has 1 amide bonds. The van der Waals surface area contributed by atoms with Gasteiger partial charge < -0.3 is 10.1 Å². The molecule has 0 spiro atoms. The molecule has 0 heterocycles. The lowest BCUT2D eigenvalue weighted by atomic mass is 10.2. The van der Waals surface area contributed by atoms with Crippen molar-refractivity contribution in [3.63, 3.8) is 0 Å². The Labute approximate surface area is 124 Å². The molecular formula is C15H13BrFNO2. The van der Waals surface area contributed by atoms with Gasteiger partial charge in [-0.1, -0.05) is 46.3 Å². The van der Waals surface area contributed by atoms with Crippen molar-refractivity contribution in [3.05, 3.63) is 69.9 Å². The molecule has 2 rings (SSSR count). The molecule has 20 heavy (non-hydrogen) atoms. The van der Waals surface area contributed by atoms with Crippen LogP contribution < -0.4 is 5.32 Å². The monoisotopic (exact) mass is 337 g/mol. The topological polar surface area (TPSA) is 38.3 Å². The first-order valence-electron chi connectivity index (χ1n) is 6.03. The number of carbonyl (C=O) groups is 1. The summed E-state index contributed by atoms with van der Waals surface area (Å²) in [5, 5.41) is 2.52. The number of nitrogens with one attached hydrogen (secondary N) is 1. The van der Waals surface area contributed by atoms with E-state index in [0.29, 0.717) is 5.56 Å². The number of alkyl carbamates (subject to hydrolysis) is 1.